The van der Waals surface area contributed by atoms with Crippen LogP contribution < -0.4 is 4.74 Å². The lowest BCUT2D eigenvalue weighted by Gasteiger charge is -2.27. The van der Waals surface area contributed by atoms with Crippen molar-refractivity contribution >= 4 is 12.0 Å². The van der Waals surface area contributed by atoms with Crippen LogP contribution >= 0.6 is 0 Å². The third-order valence-electron chi connectivity index (χ3n) is 8.20. The SMILES string of the molecule is Cc1c(-c2c(C)c3c(c(C)c2CC(=O)O)CN(C(=O)N2CCCC2C)C3)cc(F)c2c1CCCO2. The molecule has 35 heavy (non-hydrogen) atoms. The Morgan fingerprint density at radius 1 is 1.09 bits per heavy atom. The van der Waals surface area contributed by atoms with Gasteiger partial charge in [0.1, 0.15) is 0 Å². The molecular formula is C28H33FN2O4. The van der Waals surface area contributed by atoms with Gasteiger partial charge in [0.25, 0.3) is 0 Å². The maximum Gasteiger partial charge on any atom is 0.320 e. The standard InChI is InChI=1S/C28H33FN2O4/c1-15-7-5-9-31(15)28(34)30-13-22-17(3)21(12-25(32)33)26(18(4)23(22)14-30)20-11-24(29)27-19(16(20)2)8-6-10-35-27/h11,15H,5-10,12-14H2,1-4H3,(H,32,33). The fourth-order valence-electron chi connectivity index (χ4n) is 6.25. The van der Waals surface area contributed by atoms with Gasteiger partial charge in [-0.15, -0.1) is 0 Å². The Kier molecular flexibility index (Phi) is 5.98. The van der Waals surface area contributed by atoms with Crippen molar-refractivity contribution in [1.29, 1.82) is 0 Å². The normalized spacial score (nSPS) is 18.9. The summed E-state index contributed by atoms with van der Waals surface area (Å²) in [5, 5.41) is 9.77. The van der Waals surface area contributed by atoms with E-state index >= 15 is 4.39 Å². The van der Waals surface area contributed by atoms with Crippen LogP contribution in [-0.4, -0.2) is 46.1 Å². The fourth-order valence-corrected chi connectivity index (χ4v) is 6.25. The number of hydrogen-bond donors (Lipinski definition) is 1. The highest BCUT2D eigenvalue weighted by atomic mass is 19.1. The third kappa shape index (κ3) is 3.85. The molecule has 7 heteroatoms. The van der Waals surface area contributed by atoms with Gasteiger partial charge in [-0.3, -0.25) is 4.79 Å². The number of likely N-dealkylation sites (tertiary alicyclic amines) is 1. The first-order valence-electron chi connectivity index (χ1n) is 12.5. The second-order valence-corrected chi connectivity index (χ2v) is 10.2. The Morgan fingerprint density at radius 3 is 2.46 bits per heavy atom. The largest absolute Gasteiger partial charge is 0.490 e. The number of aliphatic carboxylic acids is 1. The number of rotatable bonds is 3. The Hall–Kier alpha value is -3.09. The molecule has 1 fully saturated rings. The van der Waals surface area contributed by atoms with Gasteiger partial charge in [0, 0.05) is 31.2 Å². The van der Waals surface area contributed by atoms with Crippen molar-refractivity contribution in [2.75, 3.05) is 13.2 Å². The molecule has 186 valence electrons. The minimum atomic E-state index is -0.926. The zero-order valence-corrected chi connectivity index (χ0v) is 21.0. The van der Waals surface area contributed by atoms with Crippen molar-refractivity contribution in [1.82, 2.24) is 9.80 Å². The van der Waals surface area contributed by atoms with Crippen molar-refractivity contribution in [2.45, 2.75) is 78.9 Å². The minimum Gasteiger partial charge on any atom is -0.490 e. The molecule has 0 spiro atoms. The number of carbonyl (C=O) groups excluding carboxylic acids is 1. The summed E-state index contributed by atoms with van der Waals surface area (Å²) in [6.45, 7) is 10.2. The number of halogens is 1. The molecule has 1 unspecified atom stereocenters. The molecule has 2 aromatic carbocycles. The summed E-state index contributed by atoms with van der Waals surface area (Å²) in [5.41, 5.74) is 7.94. The maximum absolute atomic E-state index is 15.2. The molecule has 0 saturated carbocycles. The monoisotopic (exact) mass is 480 g/mol. The second-order valence-electron chi connectivity index (χ2n) is 10.2. The molecule has 5 rings (SSSR count). The molecule has 2 amide bonds. The average molecular weight is 481 g/mol. The van der Waals surface area contributed by atoms with Gasteiger partial charge in [0.2, 0.25) is 0 Å². The van der Waals surface area contributed by atoms with E-state index in [0.717, 1.165) is 76.7 Å². The van der Waals surface area contributed by atoms with E-state index in [-0.39, 0.29) is 18.5 Å². The molecule has 1 atom stereocenters. The zero-order valence-electron chi connectivity index (χ0n) is 21.0. The van der Waals surface area contributed by atoms with Crippen molar-refractivity contribution < 1.29 is 23.8 Å². The molecule has 1 saturated heterocycles. The molecule has 6 nitrogen and oxygen atoms in total. The van der Waals surface area contributed by atoms with Crippen molar-refractivity contribution in [3.63, 3.8) is 0 Å². The first kappa shape index (κ1) is 23.6. The number of nitrogens with zero attached hydrogens (tertiary/aromatic N) is 2. The average Bonchev–Trinajstić information content (AvgIpc) is 3.47. The number of carbonyl (C=O) groups is 2. The van der Waals surface area contributed by atoms with E-state index in [1.54, 1.807) is 0 Å². The van der Waals surface area contributed by atoms with E-state index in [2.05, 4.69) is 6.92 Å². The van der Waals surface area contributed by atoms with Crippen LogP contribution in [0.5, 0.6) is 5.75 Å². The lowest BCUT2D eigenvalue weighted by molar-refractivity contribution is -0.136. The van der Waals surface area contributed by atoms with E-state index < -0.39 is 11.8 Å². The van der Waals surface area contributed by atoms with Crippen LogP contribution in [-0.2, 0) is 30.7 Å². The van der Waals surface area contributed by atoms with Crippen molar-refractivity contribution in [3.05, 3.63) is 50.8 Å². The van der Waals surface area contributed by atoms with E-state index in [0.29, 0.717) is 31.0 Å². The van der Waals surface area contributed by atoms with Gasteiger partial charge in [0.05, 0.1) is 13.0 Å². The summed E-state index contributed by atoms with van der Waals surface area (Å²) in [6, 6.07) is 1.78. The third-order valence-corrected chi connectivity index (χ3v) is 8.20. The molecule has 3 aliphatic heterocycles. The lowest BCUT2D eigenvalue weighted by atomic mass is 9.81. The Bertz CT molecular complexity index is 1240. The number of ether oxygens (including phenoxy) is 1. The first-order chi connectivity index (χ1) is 16.7. The molecular weight excluding hydrogens is 447 g/mol. The van der Waals surface area contributed by atoms with Crippen LogP contribution in [0.1, 0.15) is 65.1 Å². The predicted molar refractivity (Wildman–Crippen MR) is 131 cm³/mol. The molecule has 0 aliphatic carbocycles. The highest BCUT2D eigenvalue weighted by Crippen LogP contribution is 2.44. The molecule has 2 aromatic rings. The van der Waals surface area contributed by atoms with E-state index in [1.807, 2.05) is 30.6 Å². The number of carboxylic acids is 1. The Labute approximate surface area is 205 Å². The van der Waals surface area contributed by atoms with E-state index in [4.69, 9.17) is 4.74 Å². The van der Waals surface area contributed by atoms with Crippen molar-refractivity contribution in [2.24, 2.45) is 0 Å². The minimum absolute atomic E-state index is 0.0412. The Morgan fingerprint density at radius 2 is 1.80 bits per heavy atom. The van der Waals surface area contributed by atoms with Crippen LogP contribution in [0.2, 0.25) is 0 Å². The summed E-state index contributed by atoms with van der Waals surface area (Å²) in [7, 11) is 0. The van der Waals surface area contributed by atoms with E-state index in [1.165, 1.54) is 6.07 Å². The zero-order chi connectivity index (χ0) is 25.0. The van der Waals surface area contributed by atoms with E-state index in [9.17, 15) is 14.7 Å². The molecule has 0 bridgehead atoms. The fraction of sp³-hybridized carbons (Fsp3) is 0.500. The summed E-state index contributed by atoms with van der Waals surface area (Å²) < 4.78 is 20.8. The maximum atomic E-state index is 15.2. The number of amides is 2. The summed E-state index contributed by atoms with van der Waals surface area (Å²) in [4.78, 5) is 29.1. The summed E-state index contributed by atoms with van der Waals surface area (Å²) in [5.74, 6) is -1.01. The van der Waals surface area contributed by atoms with Crippen LogP contribution in [0, 0.1) is 26.6 Å². The van der Waals surface area contributed by atoms with Gasteiger partial charge >= 0.3 is 12.0 Å². The highest BCUT2D eigenvalue weighted by Gasteiger charge is 2.35. The summed E-state index contributed by atoms with van der Waals surface area (Å²) in [6.07, 6.45) is 3.45. The van der Waals surface area contributed by atoms with Gasteiger partial charge in [-0.2, -0.15) is 0 Å². The van der Waals surface area contributed by atoms with Gasteiger partial charge in [-0.05, 0) is 104 Å². The molecule has 1 N–H and O–H groups in total. The van der Waals surface area contributed by atoms with Crippen molar-refractivity contribution in [3.8, 4) is 16.9 Å². The van der Waals surface area contributed by atoms with Gasteiger partial charge in [-0.25, -0.2) is 9.18 Å². The number of hydrogen-bond acceptors (Lipinski definition) is 3. The quantitative estimate of drug-likeness (QED) is 0.648. The second kappa shape index (κ2) is 8.85. The smallest absolute Gasteiger partial charge is 0.320 e. The number of urea groups is 1. The van der Waals surface area contributed by atoms with Gasteiger partial charge in [-0.1, -0.05) is 0 Å². The van der Waals surface area contributed by atoms with Gasteiger partial charge in [0.15, 0.2) is 11.6 Å². The van der Waals surface area contributed by atoms with Crippen LogP contribution in [0.15, 0.2) is 6.07 Å². The van der Waals surface area contributed by atoms with Crippen LogP contribution in [0.25, 0.3) is 11.1 Å². The topological polar surface area (TPSA) is 70.1 Å². The number of carboxylic acid groups (broad SMARTS) is 1. The van der Waals surface area contributed by atoms with Crippen LogP contribution in [0.4, 0.5) is 9.18 Å². The first-order valence-corrected chi connectivity index (χ1v) is 12.5. The Balaban J connectivity index is 1.65. The molecule has 3 aliphatic rings. The van der Waals surface area contributed by atoms with Gasteiger partial charge < -0.3 is 19.6 Å². The summed E-state index contributed by atoms with van der Waals surface area (Å²) >= 11 is 0. The molecule has 0 aromatic heterocycles. The molecule has 3 heterocycles. The lowest BCUT2D eigenvalue weighted by Crippen LogP contribution is -2.42. The molecule has 0 radical (unpaired) electrons. The number of benzene rings is 2. The van der Waals surface area contributed by atoms with Crippen LogP contribution in [0.3, 0.4) is 0 Å². The number of fused-ring (bicyclic) bond motifs is 2. The highest BCUT2D eigenvalue weighted by molar-refractivity contribution is 5.84. The predicted octanol–water partition coefficient (Wildman–Crippen LogP) is 5.29.